The summed E-state index contributed by atoms with van der Waals surface area (Å²) >= 11 is 0. The number of nitrogens with zero attached hydrogens (tertiary/aromatic N) is 3. The van der Waals surface area contributed by atoms with E-state index in [1.807, 2.05) is 90.4 Å². The molecule has 1 amide bonds. The smallest absolute Gasteiger partial charge is 0.276 e. The van der Waals surface area contributed by atoms with E-state index in [-0.39, 0.29) is 11.8 Å². The van der Waals surface area contributed by atoms with Crippen molar-refractivity contribution < 1.29 is 9.90 Å². The molecule has 184 valence electrons. The molecule has 0 aliphatic heterocycles. The molecule has 0 unspecified atom stereocenters. The van der Waals surface area contributed by atoms with Crippen LogP contribution in [0.1, 0.15) is 32.6 Å². The number of amides is 1. The molecule has 5 nitrogen and oxygen atoms in total. The van der Waals surface area contributed by atoms with Gasteiger partial charge in [0, 0.05) is 30.3 Å². The predicted molar refractivity (Wildman–Crippen MR) is 149 cm³/mol. The highest BCUT2D eigenvalue weighted by molar-refractivity contribution is 6.08. The molecule has 0 bridgehead atoms. The number of hydrogen-bond acceptors (Lipinski definition) is 3. The van der Waals surface area contributed by atoms with Crippen molar-refractivity contribution in [2.75, 3.05) is 0 Å². The van der Waals surface area contributed by atoms with Crippen LogP contribution in [-0.4, -0.2) is 26.7 Å². The van der Waals surface area contributed by atoms with Crippen LogP contribution in [0.2, 0.25) is 0 Å². The number of aromatic nitrogens is 1. The monoisotopic (exact) mass is 487 g/mol. The van der Waals surface area contributed by atoms with Gasteiger partial charge in [-0.1, -0.05) is 96.6 Å². The van der Waals surface area contributed by atoms with Crippen molar-refractivity contribution in [1.82, 2.24) is 9.47 Å². The standard InChI is InChI=1S/C32H29N3O2/c1-24-11-10-16-27(19-24)31(36)33-20-29-28-17-8-9-18-30(28)35(32(29)37)23-34(21-25-12-4-2-5-13-25)22-26-14-6-3-7-15-26/h2-20,37H,21-23H2,1H3. The van der Waals surface area contributed by atoms with E-state index >= 15 is 0 Å². The Morgan fingerprint density at radius 3 is 2.11 bits per heavy atom. The maximum atomic E-state index is 12.7. The molecule has 0 saturated heterocycles. The van der Waals surface area contributed by atoms with E-state index in [9.17, 15) is 9.90 Å². The molecule has 1 aromatic heterocycles. The molecule has 1 N–H and O–H groups in total. The van der Waals surface area contributed by atoms with Crippen LogP contribution in [0.15, 0.2) is 114 Å². The minimum Gasteiger partial charge on any atom is -0.494 e. The van der Waals surface area contributed by atoms with Crippen molar-refractivity contribution in [2.24, 2.45) is 4.99 Å². The molecule has 0 atom stereocenters. The molecule has 5 heteroatoms. The van der Waals surface area contributed by atoms with Crippen LogP contribution in [0.3, 0.4) is 0 Å². The third-order valence-corrected chi connectivity index (χ3v) is 6.40. The minimum absolute atomic E-state index is 0.0908. The van der Waals surface area contributed by atoms with Crippen LogP contribution >= 0.6 is 0 Å². The zero-order valence-electron chi connectivity index (χ0n) is 20.8. The number of para-hydroxylation sites is 1. The fourth-order valence-electron chi connectivity index (χ4n) is 4.60. The zero-order valence-corrected chi connectivity index (χ0v) is 20.8. The van der Waals surface area contributed by atoms with E-state index in [1.165, 1.54) is 17.3 Å². The first-order valence-electron chi connectivity index (χ1n) is 12.3. The number of hydrogen-bond donors (Lipinski definition) is 1. The summed E-state index contributed by atoms with van der Waals surface area (Å²) < 4.78 is 1.89. The van der Waals surface area contributed by atoms with Gasteiger partial charge in [-0.3, -0.25) is 14.3 Å². The highest BCUT2D eigenvalue weighted by atomic mass is 16.3. The van der Waals surface area contributed by atoms with Gasteiger partial charge >= 0.3 is 0 Å². The molecule has 0 fully saturated rings. The summed E-state index contributed by atoms with van der Waals surface area (Å²) in [7, 11) is 0. The second kappa shape index (κ2) is 11.1. The molecule has 37 heavy (non-hydrogen) atoms. The maximum absolute atomic E-state index is 12.7. The van der Waals surface area contributed by atoms with Crippen molar-refractivity contribution >= 4 is 23.0 Å². The fourth-order valence-corrected chi connectivity index (χ4v) is 4.60. The van der Waals surface area contributed by atoms with Crippen molar-refractivity contribution in [2.45, 2.75) is 26.7 Å². The summed E-state index contributed by atoms with van der Waals surface area (Å²) in [5.41, 5.74) is 5.33. The number of carbonyl (C=O) groups excluding carboxylic acids is 1. The third-order valence-electron chi connectivity index (χ3n) is 6.40. The largest absolute Gasteiger partial charge is 0.494 e. The SMILES string of the molecule is Cc1cccc(C(=O)N=Cc2c(O)n(CN(Cc3ccccc3)Cc3ccccc3)c3ccccc23)c1. The van der Waals surface area contributed by atoms with Crippen molar-refractivity contribution in [1.29, 1.82) is 0 Å². The van der Waals surface area contributed by atoms with Crippen LogP contribution in [-0.2, 0) is 19.8 Å². The zero-order chi connectivity index (χ0) is 25.6. The predicted octanol–water partition coefficient (Wildman–Crippen LogP) is 6.57. The summed E-state index contributed by atoms with van der Waals surface area (Å²) in [5, 5.41) is 12.2. The van der Waals surface area contributed by atoms with E-state index in [4.69, 9.17) is 0 Å². The van der Waals surface area contributed by atoms with Crippen molar-refractivity contribution in [3.05, 3.63) is 137 Å². The number of rotatable bonds is 8. The topological polar surface area (TPSA) is 57.8 Å². The summed E-state index contributed by atoms with van der Waals surface area (Å²) in [5.74, 6) is -0.247. The molecule has 4 aromatic carbocycles. The average Bonchev–Trinajstić information content (AvgIpc) is 3.18. The van der Waals surface area contributed by atoms with E-state index in [0.717, 1.165) is 29.6 Å². The molecule has 5 rings (SSSR count). The van der Waals surface area contributed by atoms with Gasteiger partial charge in [-0.05, 0) is 36.2 Å². The summed E-state index contributed by atoms with van der Waals surface area (Å²) in [6.07, 6.45) is 1.48. The molecular weight excluding hydrogens is 458 g/mol. The van der Waals surface area contributed by atoms with E-state index in [1.54, 1.807) is 6.07 Å². The Morgan fingerprint density at radius 2 is 1.46 bits per heavy atom. The Bertz CT molecular complexity index is 1500. The van der Waals surface area contributed by atoms with Gasteiger partial charge in [-0.25, -0.2) is 4.99 Å². The third kappa shape index (κ3) is 5.68. The number of fused-ring (bicyclic) bond motifs is 1. The van der Waals surface area contributed by atoms with Crippen LogP contribution in [0, 0.1) is 6.92 Å². The van der Waals surface area contributed by atoms with Gasteiger partial charge in [0.05, 0.1) is 17.7 Å². The lowest BCUT2D eigenvalue weighted by molar-refractivity contribution is 0.100. The summed E-state index contributed by atoms with van der Waals surface area (Å²) in [6.45, 7) is 3.85. The van der Waals surface area contributed by atoms with Crippen LogP contribution in [0.5, 0.6) is 5.88 Å². The number of benzene rings is 4. The van der Waals surface area contributed by atoms with Gasteiger partial charge in [0.15, 0.2) is 0 Å². The molecule has 5 aromatic rings. The Kier molecular flexibility index (Phi) is 7.24. The maximum Gasteiger partial charge on any atom is 0.276 e. The van der Waals surface area contributed by atoms with Crippen molar-refractivity contribution in [3.63, 3.8) is 0 Å². The van der Waals surface area contributed by atoms with Gasteiger partial charge in [0.1, 0.15) is 0 Å². The number of aliphatic imine (C=N–C) groups is 1. The van der Waals surface area contributed by atoms with Gasteiger partial charge in [-0.15, -0.1) is 0 Å². The molecule has 0 radical (unpaired) electrons. The van der Waals surface area contributed by atoms with Gasteiger partial charge in [-0.2, -0.15) is 0 Å². The molecule has 0 spiro atoms. The molecular formula is C32H29N3O2. The van der Waals surface area contributed by atoms with Crippen LogP contribution < -0.4 is 0 Å². The van der Waals surface area contributed by atoms with Gasteiger partial charge < -0.3 is 5.11 Å². The van der Waals surface area contributed by atoms with Gasteiger partial charge in [0.2, 0.25) is 5.88 Å². The first-order chi connectivity index (χ1) is 18.1. The first-order valence-corrected chi connectivity index (χ1v) is 12.3. The normalized spacial score (nSPS) is 11.5. The van der Waals surface area contributed by atoms with E-state index in [2.05, 4.69) is 34.2 Å². The second-order valence-corrected chi connectivity index (χ2v) is 9.21. The van der Waals surface area contributed by atoms with Gasteiger partial charge in [0.25, 0.3) is 5.91 Å². The minimum atomic E-state index is -0.338. The van der Waals surface area contributed by atoms with Crippen LogP contribution in [0.4, 0.5) is 0 Å². The average molecular weight is 488 g/mol. The highest BCUT2D eigenvalue weighted by Crippen LogP contribution is 2.31. The molecule has 0 aliphatic rings. The summed E-state index contributed by atoms with van der Waals surface area (Å²) in [4.78, 5) is 19.2. The fraction of sp³-hybridized carbons (Fsp3) is 0.125. The Labute approximate surface area is 217 Å². The molecule has 1 heterocycles. The van der Waals surface area contributed by atoms with E-state index < -0.39 is 0 Å². The highest BCUT2D eigenvalue weighted by Gasteiger charge is 2.18. The van der Waals surface area contributed by atoms with Crippen molar-refractivity contribution in [3.8, 4) is 5.88 Å². The number of aryl methyl sites for hydroxylation is 1. The quantitative estimate of drug-likeness (QED) is 0.252. The van der Waals surface area contributed by atoms with Crippen LogP contribution in [0.25, 0.3) is 10.9 Å². The number of aromatic hydroxyl groups is 1. The van der Waals surface area contributed by atoms with E-state index in [0.29, 0.717) is 17.8 Å². The summed E-state index contributed by atoms with van der Waals surface area (Å²) in [6, 6.07) is 35.8. The lowest BCUT2D eigenvalue weighted by Crippen LogP contribution is -2.25. The lowest BCUT2D eigenvalue weighted by Gasteiger charge is -2.24. The Balaban J connectivity index is 1.48. The molecule has 0 aliphatic carbocycles. The lowest BCUT2D eigenvalue weighted by atomic mass is 10.1. The second-order valence-electron chi connectivity index (χ2n) is 9.21. The molecule has 0 saturated carbocycles. The Hall–Kier alpha value is -4.48. The first kappa shape index (κ1) is 24.2. The number of carbonyl (C=O) groups is 1. The Morgan fingerprint density at radius 1 is 0.838 bits per heavy atom.